The molecule has 1 atom stereocenters. The first kappa shape index (κ1) is 10.3. The molecular formula is C10H17NO2. The topological polar surface area (TPSA) is 38.3 Å². The van der Waals surface area contributed by atoms with Gasteiger partial charge in [0.15, 0.2) is 0 Å². The standard InChI is InChI=1S/C10H17NO2/c1-3-13-10(12)8(2)7-9-5-4-6-11-9/h7,9,11H,3-6H2,1-2H3/b8-7+. The van der Waals surface area contributed by atoms with Crippen LogP contribution in [-0.2, 0) is 9.53 Å². The first-order chi connectivity index (χ1) is 6.24. The minimum Gasteiger partial charge on any atom is -0.463 e. The van der Waals surface area contributed by atoms with Gasteiger partial charge in [0.1, 0.15) is 0 Å². The third kappa shape index (κ3) is 3.19. The highest BCUT2D eigenvalue weighted by Crippen LogP contribution is 2.09. The monoisotopic (exact) mass is 183 g/mol. The fraction of sp³-hybridized carbons (Fsp3) is 0.700. The zero-order valence-corrected chi connectivity index (χ0v) is 8.30. The Morgan fingerprint density at radius 1 is 1.69 bits per heavy atom. The molecule has 1 unspecified atom stereocenters. The predicted molar refractivity (Wildman–Crippen MR) is 51.4 cm³/mol. The van der Waals surface area contributed by atoms with Crippen molar-refractivity contribution in [2.24, 2.45) is 0 Å². The van der Waals surface area contributed by atoms with Crippen LogP contribution in [0.25, 0.3) is 0 Å². The van der Waals surface area contributed by atoms with E-state index in [0.29, 0.717) is 18.2 Å². The van der Waals surface area contributed by atoms with Gasteiger partial charge in [0.2, 0.25) is 0 Å². The maximum atomic E-state index is 11.2. The van der Waals surface area contributed by atoms with Gasteiger partial charge >= 0.3 is 5.97 Å². The molecule has 1 fully saturated rings. The number of rotatable bonds is 3. The zero-order valence-electron chi connectivity index (χ0n) is 8.30. The van der Waals surface area contributed by atoms with E-state index in [1.807, 2.05) is 13.0 Å². The maximum absolute atomic E-state index is 11.2. The minimum atomic E-state index is -0.198. The third-order valence-corrected chi connectivity index (χ3v) is 2.15. The van der Waals surface area contributed by atoms with Crippen molar-refractivity contribution in [2.75, 3.05) is 13.2 Å². The molecule has 0 aliphatic carbocycles. The van der Waals surface area contributed by atoms with Gasteiger partial charge in [0, 0.05) is 11.6 Å². The van der Waals surface area contributed by atoms with Crippen LogP contribution in [0.4, 0.5) is 0 Å². The van der Waals surface area contributed by atoms with E-state index in [4.69, 9.17) is 4.74 Å². The van der Waals surface area contributed by atoms with Gasteiger partial charge in [-0.15, -0.1) is 0 Å². The Balaban J connectivity index is 2.44. The van der Waals surface area contributed by atoms with E-state index in [2.05, 4.69) is 5.32 Å². The minimum absolute atomic E-state index is 0.198. The van der Waals surface area contributed by atoms with Crippen molar-refractivity contribution >= 4 is 5.97 Å². The Hall–Kier alpha value is -0.830. The average molecular weight is 183 g/mol. The van der Waals surface area contributed by atoms with Crippen molar-refractivity contribution in [3.05, 3.63) is 11.6 Å². The smallest absolute Gasteiger partial charge is 0.333 e. The molecule has 0 saturated carbocycles. The number of hydrogen-bond acceptors (Lipinski definition) is 3. The Morgan fingerprint density at radius 3 is 3.00 bits per heavy atom. The molecule has 0 aromatic carbocycles. The van der Waals surface area contributed by atoms with Gasteiger partial charge in [0.05, 0.1) is 6.61 Å². The lowest BCUT2D eigenvalue weighted by molar-refractivity contribution is -0.138. The molecule has 0 aromatic rings. The van der Waals surface area contributed by atoms with E-state index in [0.717, 1.165) is 13.0 Å². The van der Waals surface area contributed by atoms with Crippen molar-refractivity contribution < 1.29 is 9.53 Å². The predicted octanol–water partition coefficient (Wildman–Crippen LogP) is 1.25. The van der Waals surface area contributed by atoms with E-state index >= 15 is 0 Å². The normalized spacial score (nSPS) is 23.2. The van der Waals surface area contributed by atoms with Crippen molar-refractivity contribution in [1.29, 1.82) is 0 Å². The number of esters is 1. The van der Waals surface area contributed by atoms with Crippen molar-refractivity contribution in [1.82, 2.24) is 5.32 Å². The summed E-state index contributed by atoms with van der Waals surface area (Å²) in [7, 11) is 0. The molecule has 0 aromatic heterocycles. The van der Waals surface area contributed by atoms with E-state index in [1.165, 1.54) is 6.42 Å². The SMILES string of the molecule is CCOC(=O)/C(C)=C/C1CCCN1. The van der Waals surface area contributed by atoms with Crippen LogP contribution in [0.5, 0.6) is 0 Å². The summed E-state index contributed by atoms with van der Waals surface area (Å²) in [6.45, 7) is 5.12. The Bertz CT molecular complexity index is 205. The molecule has 1 N–H and O–H groups in total. The van der Waals surface area contributed by atoms with E-state index in [1.54, 1.807) is 6.92 Å². The molecule has 0 bridgehead atoms. The lowest BCUT2D eigenvalue weighted by Crippen LogP contribution is -2.20. The molecule has 1 heterocycles. The van der Waals surface area contributed by atoms with Gasteiger partial charge in [-0.05, 0) is 33.2 Å². The third-order valence-electron chi connectivity index (χ3n) is 2.15. The number of hydrogen-bond donors (Lipinski definition) is 1. The summed E-state index contributed by atoms with van der Waals surface area (Å²) in [5.74, 6) is -0.198. The second-order valence-corrected chi connectivity index (χ2v) is 3.27. The fourth-order valence-corrected chi connectivity index (χ4v) is 1.47. The molecule has 1 aliphatic rings. The molecule has 3 heteroatoms. The zero-order chi connectivity index (χ0) is 9.68. The Morgan fingerprint density at radius 2 is 2.46 bits per heavy atom. The highest BCUT2D eigenvalue weighted by Gasteiger charge is 2.13. The van der Waals surface area contributed by atoms with Crippen LogP contribution in [0.1, 0.15) is 26.7 Å². The summed E-state index contributed by atoms with van der Waals surface area (Å²) in [5, 5.41) is 3.30. The summed E-state index contributed by atoms with van der Waals surface area (Å²) in [5.41, 5.74) is 0.709. The summed E-state index contributed by atoms with van der Waals surface area (Å²) < 4.78 is 4.88. The maximum Gasteiger partial charge on any atom is 0.333 e. The molecule has 74 valence electrons. The van der Waals surface area contributed by atoms with Crippen molar-refractivity contribution in [3.63, 3.8) is 0 Å². The van der Waals surface area contributed by atoms with Gasteiger partial charge in [-0.1, -0.05) is 6.08 Å². The second-order valence-electron chi connectivity index (χ2n) is 3.27. The number of nitrogens with one attached hydrogen (secondary N) is 1. The van der Waals surface area contributed by atoms with E-state index < -0.39 is 0 Å². The number of ether oxygens (including phenoxy) is 1. The molecule has 1 saturated heterocycles. The van der Waals surface area contributed by atoms with Crippen molar-refractivity contribution in [3.8, 4) is 0 Å². The highest BCUT2D eigenvalue weighted by molar-refractivity contribution is 5.87. The van der Waals surface area contributed by atoms with Crippen molar-refractivity contribution in [2.45, 2.75) is 32.7 Å². The van der Waals surface area contributed by atoms with Crippen LogP contribution in [0, 0.1) is 0 Å². The molecule has 13 heavy (non-hydrogen) atoms. The van der Waals surface area contributed by atoms with Gasteiger partial charge < -0.3 is 10.1 Å². The van der Waals surface area contributed by atoms with Crippen LogP contribution >= 0.6 is 0 Å². The average Bonchev–Trinajstić information content (AvgIpc) is 2.57. The molecule has 0 spiro atoms. The summed E-state index contributed by atoms with van der Waals surface area (Å²) in [4.78, 5) is 11.2. The number of carbonyl (C=O) groups is 1. The van der Waals surface area contributed by atoms with Gasteiger partial charge in [0.25, 0.3) is 0 Å². The molecule has 1 aliphatic heterocycles. The molecule has 0 radical (unpaired) electrons. The van der Waals surface area contributed by atoms with Gasteiger partial charge in [-0.25, -0.2) is 4.79 Å². The second kappa shape index (κ2) is 5.02. The van der Waals surface area contributed by atoms with Crippen LogP contribution in [-0.4, -0.2) is 25.2 Å². The largest absolute Gasteiger partial charge is 0.463 e. The summed E-state index contributed by atoms with van der Waals surface area (Å²) >= 11 is 0. The molecular weight excluding hydrogens is 166 g/mol. The van der Waals surface area contributed by atoms with Crippen LogP contribution < -0.4 is 5.32 Å². The van der Waals surface area contributed by atoms with Crippen LogP contribution in [0.3, 0.4) is 0 Å². The Kier molecular flexibility index (Phi) is 3.96. The van der Waals surface area contributed by atoms with E-state index in [9.17, 15) is 4.79 Å². The molecule has 3 nitrogen and oxygen atoms in total. The summed E-state index contributed by atoms with van der Waals surface area (Å²) in [6.07, 6.45) is 4.28. The first-order valence-electron chi connectivity index (χ1n) is 4.83. The highest BCUT2D eigenvalue weighted by atomic mass is 16.5. The first-order valence-corrected chi connectivity index (χ1v) is 4.83. The van der Waals surface area contributed by atoms with Crippen LogP contribution in [0.15, 0.2) is 11.6 Å². The lowest BCUT2D eigenvalue weighted by atomic mass is 10.1. The lowest BCUT2D eigenvalue weighted by Gasteiger charge is -2.06. The van der Waals surface area contributed by atoms with Gasteiger partial charge in [-0.3, -0.25) is 0 Å². The molecule has 0 amide bonds. The molecule has 1 rings (SSSR count). The Labute approximate surface area is 79.2 Å². The fourth-order valence-electron chi connectivity index (χ4n) is 1.47. The summed E-state index contributed by atoms with van der Waals surface area (Å²) in [6, 6.07) is 0.365. The number of carbonyl (C=O) groups excluding carboxylic acids is 1. The van der Waals surface area contributed by atoms with Gasteiger partial charge in [-0.2, -0.15) is 0 Å². The quantitative estimate of drug-likeness (QED) is 0.528. The van der Waals surface area contributed by atoms with E-state index in [-0.39, 0.29) is 5.97 Å². The van der Waals surface area contributed by atoms with Crippen LogP contribution in [0.2, 0.25) is 0 Å².